The third-order valence-electron chi connectivity index (χ3n) is 4.50. The smallest absolute Gasteiger partial charge is 0.191 e. The number of aryl methyl sites for hydroxylation is 1. The Morgan fingerprint density at radius 2 is 1.93 bits per heavy atom. The molecule has 0 aliphatic rings. The molecule has 4 rings (SSSR count). The summed E-state index contributed by atoms with van der Waals surface area (Å²) < 4.78 is 4.14. The Kier molecular flexibility index (Phi) is 7.39. The molecule has 3 aromatic heterocycles. The highest BCUT2D eigenvalue weighted by Gasteiger charge is 2.05. The fraction of sp³-hybridized carbons (Fsp3) is 0.300. The first-order valence-corrected chi connectivity index (χ1v) is 9.56. The molecule has 0 amide bonds. The van der Waals surface area contributed by atoms with Gasteiger partial charge in [-0.05, 0) is 37.6 Å². The van der Waals surface area contributed by atoms with Crippen LogP contribution in [0, 0.1) is 0 Å². The average molecular weight is 504 g/mol. The number of hydrogen-bond acceptors (Lipinski definition) is 4. The molecule has 0 fully saturated rings. The van der Waals surface area contributed by atoms with Crippen molar-refractivity contribution in [2.45, 2.75) is 26.4 Å². The van der Waals surface area contributed by atoms with Crippen LogP contribution < -0.4 is 10.6 Å². The third-order valence-corrected chi connectivity index (χ3v) is 4.50. The summed E-state index contributed by atoms with van der Waals surface area (Å²) in [6.07, 6.45) is 4.83. The summed E-state index contributed by atoms with van der Waals surface area (Å²) in [6, 6.07) is 14.0. The van der Waals surface area contributed by atoms with E-state index in [9.17, 15) is 0 Å². The lowest BCUT2D eigenvalue weighted by atomic mass is 10.3. The normalized spacial score (nSPS) is 11.6. The maximum Gasteiger partial charge on any atom is 0.191 e. The zero-order chi connectivity index (χ0) is 19.2. The summed E-state index contributed by atoms with van der Waals surface area (Å²) >= 11 is 0. The van der Waals surface area contributed by atoms with Gasteiger partial charge in [0.25, 0.3) is 0 Å². The Bertz CT molecular complexity index is 1080. The van der Waals surface area contributed by atoms with Gasteiger partial charge in [0.05, 0.1) is 17.4 Å². The van der Waals surface area contributed by atoms with Gasteiger partial charge in [0, 0.05) is 25.8 Å². The molecule has 0 aliphatic carbocycles. The van der Waals surface area contributed by atoms with Crippen molar-refractivity contribution >= 4 is 46.6 Å². The van der Waals surface area contributed by atoms with E-state index in [4.69, 9.17) is 0 Å². The number of nitrogens with one attached hydrogen (secondary N) is 2. The van der Waals surface area contributed by atoms with Crippen molar-refractivity contribution in [1.82, 2.24) is 34.8 Å². The first kappa shape index (κ1) is 21.0. The van der Waals surface area contributed by atoms with Crippen molar-refractivity contribution in [2.24, 2.45) is 4.99 Å². The molecule has 0 aliphatic heterocycles. The summed E-state index contributed by atoms with van der Waals surface area (Å²) in [5.74, 6) is 1.60. The van der Waals surface area contributed by atoms with Crippen LogP contribution in [0.3, 0.4) is 0 Å². The minimum Gasteiger partial charge on any atom is -0.357 e. The molecule has 0 radical (unpaired) electrons. The topological polar surface area (TPSA) is 84.4 Å². The highest BCUT2D eigenvalue weighted by atomic mass is 127. The SMILES string of the molecule is CCNC(=NCc1nnc2ccccn12)NCCCn1cnc2ccccc21.I. The maximum absolute atomic E-state index is 4.64. The van der Waals surface area contributed by atoms with E-state index in [-0.39, 0.29) is 24.0 Å². The number of imidazole rings is 1. The van der Waals surface area contributed by atoms with Crippen molar-refractivity contribution in [3.8, 4) is 0 Å². The second kappa shape index (κ2) is 10.2. The quantitative estimate of drug-likeness (QED) is 0.175. The van der Waals surface area contributed by atoms with E-state index in [0.29, 0.717) is 6.54 Å². The molecule has 0 spiro atoms. The van der Waals surface area contributed by atoms with Gasteiger partial charge in [-0.2, -0.15) is 0 Å². The van der Waals surface area contributed by atoms with Gasteiger partial charge in [-0.1, -0.05) is 18.2 Å². The van der Waals surface area contributed by atoms with Crippen molar-refractivity contribution in [3.63, 3.8) is 0 Å². The largest absolute Gasteiger partial charge is 0.357 e. The van der Waals surface area contributed by atoms with Crippen LogP contribution in [0.25, 0.3) is 16.7 Å². The lowest BCUT2D eigenvalue weighted by Gasteiger charge is -2.11. The molecule has 29 heavy (non-hydrogen) atoms. The summed E-state index contributed by atoms with van der Waals surface area (Å²) in [5.41, 5.74) is 3.03. The van der Waals surface area contributed by atoms with Gasteiger partial charge in [-0.25, -0.2) is 9.98 Å². The van der Waals surface area contributed by atoms with E-state index >= 15 is 0 Å². The second-order valence-corrected chi connectivity index (χ2v) is 6.45. The van der Waals surface area contributed by atoms with Crippen LogP contribution in [-0.4, -0.2) is 43.2 Å². The van der Waals surface area contributed by atoms with Gasteiger partial charge in [-0.15, -0.1) is 34.2 Å². The molecule has 0 unspecified atom stereocenters. The van der Waals surface area contributed by atoms with E-state index in [0.717, 1.165) is 49.0 Å². The molecule has 4 aromatic rings. The van der Waals surface area contributed by atoms with Crippen molar-refractivity contribution in [2.75, 3.05) is 13.1 Å². The number of nitrogens with zero attached hydrogens (tertiary/aromatic N) is 6. The van der Waals surface area contributed by atoms with E-state index < -0.39 is 0 Å². The first-order chi connectivity index (χ1) is 13.8. The predicted octanol–water partition coefficient (Wildman–Crippen LogP) is 2.84. The van der Waals surface area contributed by atoms with E-state index in [1.807, 2.05) is 53.3 Å². The number of para-hydroxylation sites is 2. The van der Waals surface area contributed by atoms with Gasteiger partial charge >= 0.3 is 0 Å². The summed E-state index contributed by atoms with van der Waals surface area (Å²) in [4.78, 5) is 9.08. The summed E-state index contributed by atoms with van der Waals surface area (Å²) in [6.45, 7) is 5.05. The number of benzene rings is 1. The molecule has 1 aromatic carbocycles. The van der Waals surface area contributed by atoms with Gasteiger partial charge < -0.3 is 15.2 Å². The zero-order valence-electron chi connectivity index (χ0n) is 16.3. The van der Waals surface area contributed by atoms with Gasteiger partial charge in [0.1, 0.15) is 6.54 Å². The Morgan fingerprint density at radius 1 is 1.07 bits per heavy atom. The summed E-state index contributed by atoms with van der Waals surface area (Å²) in [7, 11) is 0. The lowest BCUT2D eigenvalue weighted by molar-refractivity contribution is 0.636. The van der Waals surface area contributed by atoms with Crippen LogP contribution in [0.2, 0.25) is 0 Å². The average Bonchev–Trinajstić information content (AvgIpc) is 3.33. The summed E-state index contributed by atoms with van der Waals surface area (Å²) in [5, 5.41) is 15.1. The van der Waals surface area contributed by atoms with Gasteiger partial charge in [0.2, 0.25) is 0 Å². The molecule has 2 N–H and O–H groups in total. The Hall–Kier alpha value is -2.69. The molecule has 8 nitrogen and oxygen atoms in total. The fourth-order valence-electron chi connectivity index (χ4n) is 3.13. The highest BCUT2D eigenvalue weighted by Crippen LogP contribution is 2.11. The zero-order valence-corrected chi connectivity index (χ0v) is 18.7. The van der Waals surface area contributed by atoms with Crippen LogP contribution in [0.15, 0.2) is 60.0 Å². The number of halogens is 1. The van der Waals surface area contributed by atoms with Crippen LogP contribution in [-0.2, 0) is 13.1 Å². The van der Waals surface area contributed by atoms with E-state index in [1.54, 1.807) is 0 Å². The molecule has 3 heterocycles. The second-order valence-electron chi connectivity index (χ2n) is 6.45. The number of fused-ring (bicyclic) bond motifs is 2. The van der Waals surface area contributed by atoms with Gasteiger partial charge in [0.15, 0.2) is 17.4 Å². The standard InChI is InChI=1S/C20H24N8.HI/c1-2-21-20(23-14-19-26-25-18-10-5-6-13-28(18)19)22-11-7-12-27-15-24-16-8-3-4-9-17(16)27;/h3-6,8-10,13,15H,2,7,11-12,14H2,1H3,(H2,21,22,23);1H. The first-order valence-electron chi connectivity index (χ1n) is 9.56. The number of aliphatic imine (C=N–C) groups is 1. The number of pyridine rings is 1. The fourth-order valence-corrected chi connectivity index (χ4v) is 3.13. The van der Waals surface area contributed by atoms with Gasteiger partial charge in [-0.3, -0.25) is 4.40 Å². The Labute approximate surface area is 186 Å². The Morgan fingerprint density at radius 3 is 2.83 bits per heavy atom. The maximum atomic E-state index is 4.64. The monoisotopic (exact) mass is 504 g/mol. The lowest BCUT2D eigenvalue weighted by Crippen LogP contribution is -2.38. The molecule has 0 atom stereocenters. The molecule has 0 saturated heterocycles. The van der Waals surface area contributed by atoms with Crippen LogP contribution >= 0.6 is 24.0 Å². The van der Waals surface area contributed by atoms with Crippen LogP contribution in [0.1, 0.15) is 19.2 Å². The molecular weight excluding hydrogens is 479 g/mol. The number of guanidine groups is 1. The van der Waals surface area contributed by atoms with E-state index in [1.165, 1.54) is 5.52 Å². The molecule has 0 bridgehead atoms. The molecule has 0 saturated carbocycles. The minimum absolute atomic E-state index is 0. The predicted molar refractivity (Wildman–Crippen MR) is 126 cm³/mol. The van der Waals surface area contributed by atoms with Crippen molar-refractivity contribution in [1.29, 1.82) is 0 Å². The third kappa shape index (κ3) is 5.03. The van der Waals surface area contributed by atoms with E-state index in [2.05, 4.69) is 48.4 Å². The number of rotatable bonds is 7. The molecule has 152 valence electrons. The Balaban J connectivity index is 0.00000240. The molecular formula is C20H25IN8. The number of hydrogen-bond donors (Lipinski definition) is 2. The number of aromatic nitrogens is 5. The molecule has 9 heteroatoms. The van der Waals surface area contributed by atoms with Crippen LogP contribution in [0.4, 0.5) is 0 Å². The van der Waals surface area contributed by atoms with Crippen molar-refractivity contribution in [3.05, 3.63) is 60.8 Å². The van der Waals surface area contributed by atoms with Crippen LogP contribution in [0.5, 0.6) is 0 Å². The highest BCUT2D eigenvalue weighted by molar-refractivity contribution is 14.0. The van der Waals surface area contributed by atoms with Crippen molar-refractivity contribution < 1.29 is 0 Å². The minimum atomic E-state index is 0.